The van der Waals surface area contributed by atoms with E-state index in [0.717, 1.165) is 16.3 Å². The van der Waals surface area contributed by atoms with Gasteiger partial charge in [-0.2, -0.15) is 0 Å². The molecule has 2 N–H and O–H groups in total. The maximum Gasteiger partial charge on any atom is 0.271 e. The minimum Gasteiger partial charge on any atom is -0.383 e. The lowest BCUT2D eigenvalue weighted by Crippen LogP contribution is -2.29. The molecule has 0 atom stereocenters. The average molecular weight is 350 g/mol. The fourth-order valence-electron chi connectivity index (χ4n) is 2.85. The number of fused-ring (bicyclic) bond motifs is 2. The van der Waals surface area contributed by atoms with Crippen molar-refractivity contribution in [3.8, 4) is 0 Å². The molecule has 0 aliphatic carbocycles. The van der Waals surface area contributed by atoms with Crippen molar-refractivity contribution in [1.82, 2.24) is 14.7 Å². The highest BCUT2D eigenvalue weighted by molar-refractivity contribution is 7.15. The second-order valence-corrected chi connectivity index (χ2v) is 6.70. The van der Waals surface area contributed by atoms with Crippen LogP contribution in [0.15, 0.2) is 54.0 Å². The summed E-state index contributed by atoms with van der Waals surface area (Å²) in [5.74, 6) is -0.144. The molecule has 0 aliphatic heterocycles. The fraction of sp³-hybridized carbons (Fsp3) is 0.158. The fourth-order valence-corrected chi connectivity index (χ4v) is 3.70. The summed E-state index contributed by atoms with van der Waals surface area (Å²) in [5, 5.41) is 10.7. The molecule has 2 aromatic carbocycles. The molecule has 1 amide bonds. The highest BCUT2D eigenvalue weighted by atomic mass is 32.1. The number of hydrogen-bond acceptors (Lipinski definition) is 4. The molecule has 0 unspecified atom stereocenters. The van der Waals surface area contributed by atoms with Gasteiger partial charge in [-0.3, -0.25) is 9.20 Å². The van der Waals surface area contributed by atoms with E-state index in [9.17, 15) is 4.79 Å². The Morgan fingerprint density at radius 3 is 2.88 bits per heavy atom. The van der Waals surface area contributed by atoms with E-state index in [4.69, 9.17) is 0 Å². The lowest BCUT2D eigenvalue weighted by molar-refractivity contribution is 0.0951. The first-order valence-corrected chi connectivity index (χ1v) is 9.03. The Morgan fingerprint density at radius 1 is 1.16 bits per heavy atom. The molecule has 25 heavy (non-hydrogen) atoms. The van der Waals surface area contributed by atoms with Gasteiger partial charge in [-0.15, -0.1) is 11.3 Å². The van der Waals surface area contributed by atoms with Crippen molar-refractivity contribution in [3.05, 3.63) is 65.4 Å². The van der Waals surface area contributed by atoms with Crippen LogP contribution in [0.5, 0.6) is 0 Å². The third-order valence-corrected chi connectivity index (χ3v) is 5.09. The van der Waals surface area contributed by atoms with Crippen molar-refractivity contribution in [3.63, 3.8) is 0 Å². The molecular weight excluding hydrogens is 332 g/mol. The summed E-state index contributed by atoms with van der Waals surface area (Å²) >= 11 is 1.54. The van der Waals surface area contributed by atoms with Gasteiger partial charge in [-0.25, -0.2) is 4.98 Å². The third-order valence-electron chi connectivity index (χ3n) is 4.14. The van der Waals surface area contributed by atoms with Crippen LogP contribution in [0.4, 0.5) is 5.69 Å². The molecule has 126 valence electrons. The van der Waals surface area contributed by atoms with E-state index in [1.165, 1.54) is 22.1 Å². The van der Waals surface area contributed by atoms with Crippen LogP contribution in [-0.2, 0) is 0 Å². The maximum absolute atomic E-state index is 12.2. The number of anilines is 1. The summed E-state index contributed by atoms with van der Waals surface area (Å²) in [6.45, 7) is 3.19. The minimum atomic E-state index is -0.144. The van der Waals surface area contributed by atoms with Crippen LogP contribution in [0.25, 0.3) is 15.7 Å². The molecule has 6 heteroatoms. The SMILES string of the molecule is Cc1csc2nc(C(=O)NCCNc3cccc4ccccc34)cn12. The lowest BCUT2D eigenvalue weighted by atomic mass is 10.1. The van der Waals surface area contributed by atoms with Gasteiger partial charge in [0.25, 0.3) is 5.91 Å². The molecule has 0 fully saturated rings. The Bertz CT molecular complexity index is 1040. The van der Waals surface area contributed by atoms with E-state index < -0.39 is 0 Å². The second kappa shape index (κ2) is 6.57. The number of carbonyl (C=O) groups is 1. The number of benzene rings is 2. The number of hydrogen-bond donors (Lipinski definition) is 2. The van der Waals surface area contributed by atoms with Gasteiger partial charge in [0, 0.05) is 41.4 Å². The van der Waals surface area contributed by atoms with Crippen molar-refractivity contribution in [1.29, 1.82) is 0 Å². The molecule has 4 rings (SSSR count). The first kappa shape index (κ1) is 15.7. The molecule has 0 bridgehead atoms. The summed E-state index contributed by atoms with van der Waals surface area (Å²) in [6, 6.07) is 14.4. The summed E-state index contributed by atoms with van der Waals surface area (Å²) in [4.78, 5) is 17.4. The number of imidazole rings is 1. The largest absolute Gasteiger partial charge is 0.383 e. The molecule has 0 saturated carbocycles. The number of carbonyl (C=O) groups excluding carboxylic acids is 1. The Kier molecular flexibility index (Phi) is 4.11. The molecule has 2 heterocycles. The topological polar surface area (TPSA) is 58.4 Å². The quantitative estimate of drug-likeness (QED) is 0.540. The van der Waals surface area contributed by atoms with Crippen LogP contribution in [0.3, 0.4) is 0 Å². The summed E-state index contributed by atoms with van der Waals surface area (Å²) in [7, 11) is 0. The number of rotatable bonds is 5. The number of aryl methyl sites for hydroxylation is 1. The number of nitrogens with zero attached hydrogens (tertiary/aromatic N) is 2. The van der Waals surface area contributed by atoms with Crippen molar-refractivity contribution in [2.75, 3.05) is 18.4 Å². The Labute approximate surface area is 149 Å². The molecule has 0 saturated heterocycles. The van der Waals surface area contributed by atoms with Crippen LogP contribution >= 0.6 is 11.3 Å². The van der Waals surface area contributed by atoms with Gasteiger partial charge in [0.2, 0.25) is 0 Å². The predicted molar refractivity (Wildman–Crippen MR) is 103 cm³/mol. The average Bonchev–Trinajstić information content (AvgIpc) is 3.21. The maximum atomic E-state index is 12.2. The molecule has 2 aromatic heterocycles. The van der Waals surface area contributed by atoms with E-state index in [2.05, 4.69) is 39.9 Å². The summed E-state index contributed by atoms with van der Waals surface area (Å²) in [5.41, 5.74) is 2.62. The van der Waals surface area contributed by atoms with Crippen molar-refractivity contribution >= 4 is 38.7 Å². The van der Waals surface area contributed by atoms with Gasteiger partial charge in [0.1, 0.15) is 5.69 Å². The highest BCUT2D eigenvalue weighted by Crippen LogP contribution is 2.22. The molecule has 4 aromatic rings. The minimum absolute atomic E-state index is 0.144. The monoisotopic (exact) mass is 350 g/mol. The highest BCUT2D eigenvalue weighted by Gasteiger charge is 2.12. The first-order valence-electron chi connectivity index (χ1n) is 8.15. The number of aromatic nitrogens is 2. The Balaban J connectivity index is 1.36. The Morgan fingerprint density at radius 2 is 2.00 bits per heavy atom. The summed E-state index contributed by atoms with van der Waals surface area (Å²) < 4.78 is 1.94. The van der Waals surface area contributed by atoms with E-state index in [1.54, 1.807) is 6.20 Å². The van der Waals surface area contributed by atoms with E-state index in [0.29, 0.717) is 18.8 Å². The summed E-state index contributed by atoms with van der Waals surface area (Å²) in [6.07, 6.45) is 1.79. The zero-order valence-corrected chi connectivity index (χ0v) is 14.6. The van der Waals surface area contributed by atoms with Gasteiger partial charge in [0.05, 0.1) is 0 Å². The molecule has 0 aliphatic rings. The molecular formula is C19H18N4OS. The molecule has 5 nitrogen and oxygen atoms in total. The second-order valence-electron chi connectivity index (χ2n) is 5.87. The zero-order chi connectivity index (χ0) is 17.2. The smallest absolute Gasteiger partial charge is 0.271 e. The van der Waals surface area contributed by atoms with Crippen LogP contribution in [0, 0.1) is 6.92 Å². The van der Waals surface area contributed by atoms with Crippen LogP contribution in [0.2, 0.25) is 0 Å². The first-order chi connectivity index (χ1) is 12.2. The molecule has 0 radical (unpaired) electrons. The van der Waals surface area contributed by atoms with E-state index in [-0.39, 0.29) is 5.91 Å². The van der Waals surface area contributed by atoms with Gasteiger partial charge >= 0.3 is 0 Å². The Hall–Kier alpha value is -2.86. The van der Waals surface area contributed by atoms with Gasteiger partial charge in [0.15, 0.2) is 4.96 Å². The van der Waals surface area contributed by atoms with Gasteiger partial charge in [-0.05, 0) is 18.4 Å². The number of amides is 1. The van der Waals surface area contributed by atoms with Gasteiger partial charge < -0.3 is 10.6 Å². The third kappa shape index (κ3) is 3.08. The van der Waals surface area contributed by atoms with Crippen molar-refractivity contribution in [2.24, 2.45) is 0 Å². The number of thiazole rings is 1. The van der Waals surface area contributed by atoms with E-state index >= 15 is 0 Å². The predicted octanol–water partition coefficient (Wildman–Crippen LogP) is 3.70. The van der Waals surface area contributed by atoms with Crippen LogP contribution < -0.4 is 10.6 Å². The van der Waals surface area contributed by atoms with Crippen molar-refractivity contribution in [2.45, 2.75) is 6.92 Å². The van der Waals surface area contributed by atoms with Gasteiger partial charge in [-0.1, -0.05) is 36.4 Å². The molecule has 0 spiro atoms. The standard InChI is InChI=1S/C19H18N4OS/c1-13-12-25-19-22-17(11-23(13)19)18(24)21-10-9-20-16-8-4-6-14-5-2-3-7-15(14)16/h2-8,11-12,20H,9-10H2,1H3,(H,21,24). The van der Waals surface area contributed by atoms with Crippen LogP contribution in [-0.4, -0.2) is 28.4 Å². The lowest BCUT2D eigenvalue weighted by Gasteiger charge is -2.10. The van der Waals surface area contributed by atoms with Crippen LogP contribution in [0.1, 0.15) is 16.2 Å². The number of nitrogens with one attached hydrogen (secondary N) is 2. The van der Waals surface area contributed by atoms with Crippen molar-refractivity contribution < 1.29 is 4.79 Å². The zero-order valence-electron chi connectivity index (χ0n) is 13.8. The van der Waals surface area contributed by atoms with E-state index in [1.807, 2.05) is 34.9 Å². The normalized spacial score (nSPS) is 11.1.